The number of amides is 1. The molecule has 0 aliphatic carbocycles. The summed E-state index contributed by atoms with van der Waals surface area (Å²) in [6.45, 7) is 0. The molecule has 1 heterocycles. The Labute approximate surface area is 104 Å². The van der Waals surface area contributed by atoms with Crippen LogP contribution in [0.5, 0.6) is 0 Å². The topological polar surface area (TPSA) is 48.0 Å². The van der Waals surface area contributed by atoms with E-state index in [0.717, 1.165) is 16.6 Å². The summed E-state index contributed by atoms with van der Waals surface area (Å²) in [5, 5.41) is 1.01. The third kappa shape index (κ3) is 1.57. The number of hydrogen-bond donors (Lipinski definition) is 1. The maximum absolute atomic E-state index is 11.5. The summed E-state index contributed by atoms with van der Waals surface area (Å²) in [4.78, 5) is 11.5. The number of benzene rings is 2. The molecule has 0 atom stereocenters. The van der Waals surface area contributed by atoms with Crippen LogP contribution in [0.1, 0.15) is 10.4 Å². The second-order valence-electron chi connectivity index (χ2n) is 4.13. The quantitative estimate of drug-likeness (QED) is 0.730. The normalized spacial score (nSPS) is 10.7. The van der Waals surface area contributed by atoms with E-state index in [9.17, 15) is 4.79 Å². The van der Waals surface area contributed by atoms with Gasteiger partial charge < -0.3 is 10.3 Å². The zero-order chi connectivity index (χ0) is 12.5. The lowest BCUT2D eigenvalue weighted by Crippen LogP contribution is -2.12. The van der Waals surface area contributed by atoms with Gasteiger partial charge in [0.25, 0.3) is 5.91 Å². The van der Waals surface area contributed by atoms with Crippen LogP contribution in [-0.4, -0.2) is 10.5 Å². The molecule has 0 fully saturated rings. The van der Waals surface area contributed by atoms with Gasteiger partial charge in [0.2, 0.25) is 0 Å². The number of rotatable bonds is 2. The van der Waals surface area contributed by atoms with Crippen LogP contribution in [0.15, 0.2) is 60.8 Å². The van der Waals surface area contributed by atoms with Crippen molar-refractivity contribution in [3.63, 3.8) is 0 Å². The van der Waals surface area contributed by atoms with Crippen molar-refractivity contribution in [2.24, 2.45) is 5.73 Å². The summed E-state index contributed by atoms with van der Waals surface area (Å²) in [5.74, 6) is -0.406. The van der Waals surface area contributed by atoms with Gasteiger partial charge in [0, 0.05) is 17.3 Å². The molecule has 1 amide bonds. The zero-order valence-electron chi connectivity index (χ0n) is 9.71. The number of nitrogens with two attached hydrogens (primary N) is 1. The fourth-order valence-corrected chi connectivity index (χ4v) is 2.20. The predicted molar refractivity (Wildman–Crippen MR) is 71.8 cm³/mol. The van der Waals surface area contributed by atoms with Crippen LogP contribution >= 0.6 is 0 Å². The van der Waals surface area contributed by atoms with Crippen LogP contribution in [-0.2, 0) is 0 Å². The Balaban J connectivity index is 2.35. The molecule has 18 heavy (non-hydrogen) atoms. The number of carbonyl (C=O) groups is 1. The van der Waals surface area contributed by atoms with E-state index < -0.39 is 5.91 Å². The summed E-state index contributed by atoms with van der Waals surface area (Å²) in [6.07, 6.45) is 1.95. The molecule has 0 aliphatic rings. The van der Waals surface area contributed by atoms with Crippen LogP contribution in [0.2, 0.25) is 0 Å². The van der Waals surface area contributed by atoms with Crippen molar-refractivity contribution in [2.45, 2.75) is 0 Å². The Hall–Kier alpha value is -2.55. The van der Waals surface area contributed by atoms with E-state index in [-0.39, 0.29) is 0 Å². The van der Waals surface area contributed by atoms with E-state index >= 15 is 0 Å². The number of hydrogen-bond acceptors (Lipinski definition) is 1. The van der Waals surface area contributed by atoms with E-state index in [0.29, 0.717) is 5.56 Å². The lowest BCUT2D eigenvalue weighted by Gasteiger charge is -2.07. The Morgan fingerprint density at radius 2 is 1.72 bits per heavy atom. The highest BCUT2D eigenvalue weighted by molar-refractivity contribution is 6.05. The molecule has 0 saturated heterocycles. The molecule has 0 radical (unpaired) electrons. The average molecular weight is 236 g/mol. The predicted octanol–water partition coefficient (Wildman–Crippen LogP) is 2.73. The molecule has 2 N–H and O–H groups in total. The molecule has 3 rings (SSSR count). The molecule has 0 aliphatic heterocycles. The molecule has 1 aromatic heterocycles. The number of para-hydroxylation sites is 2. The number of fused-ring (bicyclic) bond motifs is 1. The fourth-order valence-electron chi connectivity index (χ4n) is 2.20. The second-order valence-corrected chi connectivity index (χ2v) is 4.13. The van der Waals surface area contributed by atoms with E-state index in [1.165, 1.54) is 0 Å². The minimum absolute atomic E-state index is 0.406. The van der Waals surface area contributed by atoms with Crippen LogP contribution in [0.25, 0.3) is 16.6 Å². The van der Waals surface area contributed by atoms with E-state index in [2.05, 4.69) is 0 Å². The highest BCUT2D eigenvalue weighted by atomic mass is 16.1. The molecule has 0 bridgehead atoms. The first-order valence-corrected chi connectivity index (χ1v) is 5.72. The zero-order valence-corrected chi connectivity index (χ0v) is 9.71. The number of carbonyl (C=O) groups excluding carboxylic acids is 1. The fraction of sp³-hybridized carbons (Fsp3) is 0. The summed E-state index contributed by atoms with van der Waals surface area (Å²) < 4.78 is 1.98. The summed E-state index contributed by atoms with van der Waals surface area (Å²) in [5.41, 5.74) is 7.85. The van der Waals surface area contributed by atoms with Gasteiger partial charge in [-0.2, -0.15) is 0 Å². The van der Waals surface area contributed by atoms with Crippen LogP contribution < -0.4 is 5.73 Å². The molecule has 3 nitrogen and oxygen atoms in total. The van der Waals surface area contributed by atoms with Crippen molar-refractivity contribution < 1.29 is 4.79 Å². The van der Waals surface area contributed by atoms with Gasteiger partial charge in [0.15, 0.2) is 0 Å². The van der Waals surface area contributed by atoms with Gasteiger partial charge >= 0.3 is 0 Å². The second kappa shape index (κ2) is 4.04. The van der Waals surface area contributed by atoms with Crippen molar-refractivity contribution in [3.05, 3.63) is 66.4 Å². The lowest BCUT2D eigenvalue weighted by molar-refractivity contribution is 0.100. The molecule has 0 unspecified atom stereocenters. The standard InChI is InChI=1S/C15H12N2O/c16-15(18)13-8-4-5-11-9-10-17(14(11)13)12-6-2-1-3-7-12/h1-10H,(H2,16,18). The van der Waals surface area contributed by atoms with Crippen molar-refractivity contribution >= 4 is 16.8 Å². The monoisotopic (exact) mass is 236 g/mol. The number of nitrogens with zero attached hydrogens (tertiary/aromatic N) is 1. The molecule has 0 spiro atoms. The third-order valence-corrected chi connectivity index (χ3v) is 3.01. The van der Waals surface area contributed by atoms with E-state index in [1.54, 1.807) is 6.07 Å². The highest BCUT2D eigenvalue weighted by Gasteiger charge is 2.11. The molecule has 2 aromatic carbocycles. The van der Waals surface area contributed by atoms with E-state index in [1.807, 2.05) is 59.3 Å². The van der Waals surface area contributed by atoms with Gasteiger partial charge in [-0.15, -0.1) is 0 Å². The Kier molecular flexibility index (Phi) is 2.38. The first kappa shape index (κ1) is 10.6. The van der Waals surface area contributed by atoms with Gasteiger partial charge in [-0.05, 0) is 24.3 Å². The minimum atomic E-state index is -0.406. The first-order valence-electron chi connectivity index (χ1n) is 5.72. The molecular weight excluding hydrogens is 224 g/mol. The summed E-state index contributed by atoms with van der Waals surface area (Å²) in [7, 11) is 0. The molecule has 3 heteroatoms. The summed E-state index contributed by atoms with van der Waals surface area (Å²) >= 11 is 0. The molecular formula is C15H12N2O. The van der Waals surface area contributed by atoms with Crippen LogP contribution in [0, 0.1) is 0 Å². The van der Waals surface area contributed by atoms with Crippen LogP contribution in [0.4, 0.5) is 0 Å². The van der Waals surface area contributed by atoms with Crippen molar-refractivity contribution in [3.8, 4) is 5.69 Å². The van der Waals surface area contributed by atoms with Crippen molar-refractivity contribution in [1.29, 1.82) is 0 Å². The Morgan fingerprint density at radius 3 is 2.44 bits per heavy atom. The van der Waals surface area contributed by atoms with Crippen molar-refractivity contribution in [2.75, 3.05) is 0 Å². The lowest BCUT2D eigenvalue weighted by atomic mass is 10.1. The molecule has 0 saturated carbocycles. The van der Waals surface area contributed by atoms with Gasteiger partial charge in [-0.25, -0.2) is 0 Å². The minimum Gasteiger partial charge on any atom is -0.366 e. The third-order valence-electron chi connectivity index (χ3n) is 3.01. The Bertz CT molecular complexity index is 714. The van der Waals surface area contributed by atoms with Gasteiger partial charge in [-0.1, -0.05) is 30.3 Å². The SMILES string of the molecule is NC(=O)c1cccc2ccn(-c3ccccc3)c12. The number of primary amides is 1. The van der Waals surface area contributed by atoms with Gasteiger partial charge in [0.1, 0.15) is 0 Å². The smallest absolute Gasteiger partial charge is 0.250 e. The molecule has 88 valence electrons. The molecule has 3 aromatic rings. The summed E-state index contributed by atoms with van der Waals surface area (Å²) in [6, 6.07) is 17.4. The number of aromatic nitrogens is 1. The first-order chi connectivity index (χ1) is 8.77. The maximum atomic E-state index is 11.5. The maximum Gasteiger partial charge on any atom is 0.250 e. The van der Waals surface area contributed by atoms with E-state index in [4.69, 9.17) is 5.73 Å². The largest absolute Gasteiger partial charge is 0.366 e. The van der Waals surface area contributed by atoms with Crippen molar-refractivity contribution in [1.82, 2.24) is 4.57 Å². The van der Waals surface area contributed by atoms with Gasteiger partial charge in [0.05, 0.1) is 11.1 Å². The van der Waals surface area contributed by atoms with Crippen LogP contribution in [0.3, 0.4) is 0 Å². The Morgan fingerprint density at radius 1 is 0.944 bits per heavy atom. The average Bonchev–Trinajstić information content (AvgIpc) is 2.83. The van der Waals surface area contributed by atoms with Gasteiger partial charge in [-0.3, -0.25) is 4.79 Å². The highest BCUT2D eigenvalue weighted by Crippen LogP contribution is 2.23.